The van der Waals surface area contributed by atoms with E-state index in [0.717, 1.165) is 37.7 Å². The van der Waals surface area contributed by atoms with Crippen LogP contribution >= 0.6 is 0 Å². The van der Waals surface area contributed by atoms with Gasteiger partial charge in [0.05, 0.1) is 0 Å². The van der Waals surface area contributed by atoms with Crippen LogP contribution in [0.25, 0.3) is 0 Å². The van der Waals surface area contributed by atoms with Crippen LogP contribution < -0.4 is 4.90 Å². The lowest BCUT2D eigenvalue weighted by Crippen LogP contribution is -2.28. The molecular weight excluding hydrogens is 212 g/mol. The van der Waals surface area contributed by atoms with Crippen LogP contribution in [0.5, 0.6) is 0 Å². The van der Waals surface area contributed by atoms with Gasteiger partial charge in [-0.15, -0.1) is 0 Å². The van der Waals surface area contributed by atoms with Crippen LogP contribution in [0, 0.1) is 0 Å². The maximum Gasteiger partial charge on any atom is 0.195 e. The number of rotatable bonds is 5. The second kappa shape index (κ2) is 6.10. The third kappa shape index (κ3) is 3.77. The molecule has 0 amide bonds. The number of anilines is 1. The molecule has 3 heteroatoms. The Kier molecular flexibility index (Phi) is 4.49. The quantitative estimate of drug-likeness (QED) is 0.784. The summed E-state index contributed by atoms with van der Waals surface area (Å²) in [7, 11) is 4.22. The van der Waals surface area contributed by atoms with Gasteiger partial charge in [-0.2, -0.15) is 0 Å². The molecule has 1 aromatic heterocycles. The molecule has 0 atom stereocenters. The van der Waals surface area contributed by atoms with Gasteiger partial charge in [0, 0.05) is 25.6 Å². The van der Waals surface area contributed by atoms with Crippen LogP contribution in [-0.2, 0) is 6.42 Å². The lowest BCUT2D eigenvalue weighted by molar-refractivity contribution is 0.388. The minimum Gasteiger partial charge on any atom is -0.446 e. The molecule has 2 heterocycles. The first-order valence-electron chi connectivity index (χ1n) is 6.74. The largest absolute Gasteiger partial charge is 0.446 e. The van der Waals surface area contributed by atoms with Gasteiger partial charge in [-0.3, -0.25) is 0 Å². The van der Waals surface area contributed by atoms with E-state index >= 15 is 0 Å². The van der Waals surface area contributed by atoms with Crippen molar-refractivity contribution in [2.24, 2.45) is 0 Å². The second-order valence-corrected chi connectivity index (χ2v) is 5.19. The molecule has 96 valence electrons. The Morgan fingerprint density at radius 2 is 1.94 bits per heavy atom. The van der Waals surface area contributed by atoms with Crippen molar-refractivity contribution in [3.05, 3.63) is 17.9 Å². The topological polar surface area (TPSA) is 19.6 Å². The first-order valence-corrected chi connectivity index (χ1v) is 6.74. The van der Waals surface area contributed by atoms with Gasteiger partial charge in [0.1, 0.15) is 5.76 Å². The van der Waals surface area contributed by atoms with Crippen molar-refractivity contribution in [2.45, 2.75) is 32.1 Å². The molecule has 0 aromatic carbocycles. The zero-order valence-electron chi connectivity index (χ0n) is 11.1. The number of hydrogen-bond acceptors (Lipinski definition) is 3. The van der Waals surface area contributed by atoms with Crippen molar-refractivity contribution >= 4 is 5.88 Å². The molecule has 1 saturated heterocycles. The maximum atomic E-state index is 5.91. The molecule has 0 N–H and O–H groups in total. The summed E-state index contributed by atoms with van der Waals surface area (Å²) in [5.41, 5.74) is 0. The zero-order valence-corrected chi connectivity index (χ0v) is 11.1. The number of piperidine rings is 1. The van der Waals surface area contributed by atoms with Crippen LogP contribution in [0.1, 0.15) is 31.4 Å². The van der Waals surface area contributed by atoms with E-state index in [1.165, 1.54) is 25.7 Å². The van der Waals surface area contributed by atoms with Gasteiger partial charge in [-0.25, -0.2) is 0 Å². The second-order valence-electron chi connectivity index (χ2n) is 5.19. The van der Waals surface area contributed by atoms with Gasteiger partial charge in [-0.1, -0.05) is 0 Å². The van der Waals surface area contributed by atoms with Crippen LogP contribution in [0.15, 0.2) is 16.5 Å². The van der Waals surface area contributed by atoms with Crippen molar-refractivity contribution < 1.29 is 4.42 Å². The first-order chi connectivity index (χ1) is 8.25. The van der Waals surface area contributed by atoms with Gasteiger partial charge in [0.2, 0.25) is 0 Å². The normalized spacial score (nSPS) is 16.8. The Morgan fingerprint density at radius 1 is 1.18 bits per heavy atom. The summed E-state index contributed by atoms with van der Waals surface area (Å²) >= 11 is 0. The summed E-state index contributed by atoms with van der Waals surface area (Å²) in [5, 5.41) is 0. The minimum absolute atomic E-state index is 1.05. The van der Waals surface area contributed by atoms with Gasteiger partial charge in [0.25, 0.3) is 0 Å². The number of furan rings is 1. The van der Waals surface area contributed by atoms with Crippen molar-refractivity contribution in [1.82, 2.24) is 4.90 Å². The smallest absolute Gasteiger partial charge is 0.195 e. The number of nitrogens with zero attached hydrogens (tertiary/aromatic N) is 2. The van der Waals surface area contributed by atoms with Crippen LogP contribution in [-0.4, -0.2) is 38.6 Å². The summed E-state index contributed by atoms with van der Waals surface area (Å²) in [6, 6.07) is 4.27. The van der Waals surface area contributed by atoms with Gasteiger partial charge < -0.3 is 14.2 Å². The molecule has 3 nitrogen and oxygen atoms in total. The van der Waals surface area contributed by atoms with Crippen molar-refractivity contribution in [2.75, 3.05) is 38.6 Å². The molecule has 0 bridgehead atoms. The van der Waals surface area contributed by atoms with E-state index in [-0.39, 0.29) is 0 Å². The Labute approximate surface area is 104 Å². The summed E-state index contributed by atoms with van der Waals surface area (Å²) in [6.07, 6.45) is 6.19. The fourth-order valence-corrected chi connectivity index (χ4v) is 2.35. The molecule has 0 unspecified atom stereocenters. The fourth-order valence-electron chi connectivity index (χ4n) is 2.35. The number of hydrogen-bond donors (Lipinski definition) is 0. The highest BCUT2D eigenvalue weighted by Crippen LogP contribution is 2.23. The highest BCUT2D eigenvalue weighted by molar-refractivity contribution is 5.36. The summed E-state index contributed by atoms with van der Waals surface area (Å²) in [6.45, 7) is 3.44. The third-order valence-electron chi connectivity index (χ3n) is 3.34. The van der Waals surface area contributed by atoms with E-state index in [0.29, 0.717) is 0 Å². The Hall–Kier alpha value is -0.960. The van der Waals surface area contributed by atoms with Crippen LogP contribution in [0.3, 0.4) is 0 Å². The van der Waals surface area contributed by atoms with Gasteiger partial charge in [0.15, 0.2) is 5.88 Å². The first kappa shape index (κ1) is 12.5. The predicted octanol–water partition coefficient (Wildman–Crippen LogP) is 2.76. The van der Waals surface area contributed by atoms with Crippen molar-refractivity contribution in [1.29, 1.82) is 0 Å². The molecule has 1 aliphatic rings. The summed E-state index contributed by atoms with van der Waals surface area (Å²) < 4.78 is 5.91. The molecule has 1 aliphatic heterocycles. The monoisotopic (exact) mass is 236 g/mol. The fraction of sp³-hybridized carbons (Fsp3) is 0.714. The molecular formula is C14H24N2O. The molecule has 17 heavy (non-hydrogen) atoms. The maximum absolute atomic E-state index is 5.91. The SMILES string of the molecule is CN(C)CCCc1ccc(N2CCCCC2)o1. The molecule has 0 aliphatic carbocycles. The van der Waals surface area contributed by atoms with Crippen molar-refractivity contribution in [3.8, 4) is 0 Å². The van der Waals surface area contributed by atoms with Crippen molar-refractivity contribution in [3.63, 3.8) is 0 Å². The van der Waals surface area contributed by atoms with E-state index < -0.39 is 0 Å². The third-order valence-corrected chi connectivity index (χ3v) is 3.34. The zero-order chi connectivity index (χ0) is 12.1. The average Bonchev–Trinajstić information content (AvgIpc) is 2.78. The van der Waals surface area contributed by atoms with E-state index in [1.807, 2.05) is 0 Å². The Balaban J connectivity index is 1.82. The number of aryl methyl sites for hydroxylation is 1. The van der Waals surface area contributed by atoms with Crippen LogP contribution in [0.4, 0.5) is 5.88 Å². The van der Waals surface area contributed by atoms with E-state index in [1.54, 1.807) is 0 Å². The standard InChI is InChI=1S/C14H24N2O/c1-15(2)10-6-7-13-8-9-14(17-13)16-11-4-3-5-12-16/h8-9H,3-7,10-12H2,1-2H3. The van der Waals surface area contributed by atoms with Crippen LogP contribution in [0.2, 0.25) is 0 Å². The van der Waals surface area contributed by atoms with Gasteiger partial charge in [-0.05, 0) is 52.4 Å². The van der Waals surface area contributed by atoms with E-state index in [2.05, 4.69) is 36.0 Å². The van der Waals surface area contributed by atoms with E-state index in [4.69, 9.17) is 4.42 Å². The molecule has 0 saturated carbocycles. The minimum atomic E-state index is 1.05. The summed E-state index contributed by atoms with van der Waals surface area (Å²) in [4.78, 5) is 4.59. The predicted molar refractivity (Wildman–Crippen MR) is 71.6 cm³/mol. The van der Waals surface area contributed by atoms with E-state index in [9.17, 15) is 0 Å². The Morgan fingerprint density at radius 3 is 2.65 bits per heavy atom. The summed E-state index contributed by atoms with van der Waals surface area (Å²) in [5.74, 6) is 2.21. The molecule has 2 rings (SSSR count). The highest BCUT2D eigenvalue weighted by Gasteiger charge is 2.14. The lowest BCUT2D eigenvalue weighted by Gasteiger charge is -2.25. The Bertz CT molecular complexity index is 327. The molecule has 1 aromatic rings. The molecule has 1 fully saturated rings. The van der Waals surface area contributed by atoms with Gasteiger partial charge >= 0.3 is 0 Å². The highest BCUT2D eigenvalue weighted by atomic mass is 16.4. The molecule has 0 spiro atoms. The lowest BCUT2D eigenvalue weighted by atomic mass is 10.1. The average molecular weight is 236 g/mol. The molecule has 0 radical (unpaired) electrons.